The zero-order valence-electron chi connectivity index (χ0n) is 38.0. The Morgan fingerprint density at radius 3 is 2.07 bits per heavy atom. The quantitative estimate of drug-likeness (QED) is 0.106. The highest BCUT2D eigenvalue weighted by Crippen LogP contribution is 2.52. The van der Waals surface area contributed by atoms with Gasteiger partial charge < -0.3 is 0 Å². The average Bonchev–Trinajstić information content (AvgIpc) is 3.42. The third-order valence-electron chi connectivity index (χ3n) is 14.6. The van der Waals surface area contributed by atoms with Crippen molar-refractivity contribution in [2.24, 2.45) is 35.5 Å². The fourth-order valence-electron chi connectivity index (χ4n) is 10.7. The topological polar surface area (TPSA) is 19.8 Å². The van der Waals surface area contributed by atoms with Gasteiger partial charge in [0.05, 0.1) is 0 Å². The maximum atomic E-state index is 4.88. The lowest BCUT2D eigenvalue weighted by Crippen LogP contribution is -2.86. The van der Waals surface area contributed by atoms with Crippen molar-refractivity contribution in [1.82, 2.24) is 5.32 Å². The molecule has 0 spiro atoms. The third-order valence-corrected chi connectivity index (χ3v) is 14.6. The lowest BCUT2D eigenvalue weighted by Gasteiger charge is -2.52. The average molecular weight is 778 g/mol. The summed E-state index contributed by atoms with van der Waals surface area (Å²) in [7, 11) is 0. The van der Waals surface area contributed by atoms with E-state index in [0.29, 0.717) is 17.8 Å². The van der Waals surface area contributed by atoms with Crippen molar-refractivity contribution < 1.29 is 9.13 Å². The Labute approximate surface area is 353 Å². The Hall–Kier alpha value is -4.08. The van der Waals surface area contributed by atoms with Gasteiger partial charge in [-0.3, -0.25) is 5.32 Å². The number of aromatic nitrogens is 2. The minimum absolute atomic E-state index is 0.240. The van der Waals surface area contributed by atoms with Crippen LogP contribution >= 0.6 is 0 Å². The molecule has 1 N–H and O–H groups in total. The van der Waals surface area contributed by atoms with Gasteiger partial charge in [-0.05, 0) is 97.6 Å². The number of benzene rings is 2. The maximum absolute atomic E-state index is 4.88. The number of fused-ring (bicyclic) bond motifs is 1. The van der Waals surface area contributed by atoms with Crippen LogP contribution in [0.3, 0.4) is 0 Å². The van der Waals surface area contributed by atoms with E-state index in [0.717, 1.165) is 49.6 Å². The Morgan fingerprint density at radius 1 is 0.793 bits per heavy atom. The molecule has 1 saturated heterocycles. The molecule has 2 aromatic heterocycles. The molecule has 3 nitrogen and oxygen atoms in total. The molecule has 2 aliphatic heterocycles. The van der Waals surface area contributed by atoms with Crippen molar-refractivity contribution in [3.05, 3.63) is 144 Å². The molecule has 6 rings (SSSR count). The number of nitrogens with one attached hydrogen (secondary N) is 1. The van der Waals surface area contributed by atoms with Crippen LogP contribution in [0.15, 0.2) is 116 Å². The lowest BCUT2D eigenvalue weighted by molar-refractivity contribution is -0.826. The number of allylic oxidation sites excluding steroid dienone is 5. The van der Waals surface area contributed by atoms with Crippen LogP contribution in [0.4, 0.5) is 0 Å². The summed E-state index contributed by atoms with van der Waals surface area (Å²) in [4.78, 5) is 0. The van der Waals surface area contributed by atoms with E-state index in [1.807, 2.05) is 0 Å². The van der Waals surface area contributed by atoms with E-state index < -0.39 is 0 Å². The number of aryl methyl sites for hydroxylation is 1. The van der Waals surface area contributed by atoms with Gasteiger partial charge in [0.25, 0.3) is 0 Å². The summed E-state index contributed by atoms with van der Waals surface area (Å²) in [6.07, 6.45) is 17.8. The second kappa shape index (κ2) is 18.5. The highest BCUT2D eigenvalue weighted by Gasteiger charge is 2.71. The number of hydrogen-bond donors (Lipinski definition) is 1. The van der Waals surface area contributed by atoms with Gasteiger partial charge in [0, 0.05) is 59.4 Å². The lowest BCUT2D eigenvalue weighted by atomic mass is 9.62. The van der Waals surface area contributed by atoms with Crippen LogP contribution in [0.1, 0.15) is 130 Å². The standard InChI is InChI=1S/C55H75N3/c1-13-40(8)47(16-4)34-39(7)33-45-28-31-52(49-25-21-20-22-46(49)15-3)58(37-45)55(42(10)14-2)53(35-56-55)54(12)50(29-26-41(9)48-23-18-17-19-24-48)43(11)51-30-27-44(32-38(5)6)36-57(51)54/h17-31,36-40,42,47,53,56H,11,13-16,32-35H2,1-10,12H3/q+2. The minimum atomic E-state index is -0.357. The Bertz CT molecular complexity index is 2100. The summed E-state index contributed by atoms with van der Waals surface area (Å²) < 4.78 is 5.38. The SMILES string of the molecule is C=C1C(=CC=C(C)c2ccccc2)C(C)(C2CNC2(C(C)CC)[n+]2cc(CC(C)CC(CC)C(C)CC)ccc2-c2ccccc2CC)[n+]2cc(CC(C)C)ccc21. The molecule has 7 unspecified atom stereocenters. The van der Waals surface area contributed by atoms with Gasteiger partial charge in [-0.15, -0.1) is 0 Å². The van der Waals surface area contributed by atoms with Gasteiger partial charge in [-0.1, -0.05) is 142 Å². The molecule has 1 fully saturated rings. The van der Waals surface area contributed by atoms with E-state index in [2.05, 4.69) is 194 Å². The first kappa shape index (κ1) is 43.5. The number of pyridine rings is 2. The zero-order chi connectivity index (χ0) is 41.8. The molecular weight excluding hydrogens is 703 g/mol. The van der Waals surface area contributed by atoms with Gasteiger partial charge in [0.1, 0.15) is 5.92 Å². The minimum Gasteiger partial charge on any atom is -0.255 e. The Morgan fingerprint density at radius 2 is 1.45 bits per heavy atom. The number of nitrogens with zero attached hydrogens (tertiary/aromatic N) is 2. The molecule has 0 aliphatic carbocycles. The van der Waals surface area contributed by atoms with Gasteiger partial charge in [0.15, 0.2) is 12.4 Å². The van der Waals surface area contributed by atoms with Crippen molar-refractivity contribution >= 4 is 11.1 Å². The van der Waals surface area contributed by atoms with Crippen LogP contribution in [0.25, 0.3) is 22.4 Å². The largest absolute Gasteiger partial charge is 0.255 e. The second-order valence-electron chi connectivity index (χ2n) is 18.8. The molecule has 3 heteroatoms. The Kier molecular flexibility index (Phi) is 13.8. The molecule has 4 heterocycles. The third kappa shape index (κ3) is 8.23. The molecule has 2 aliphatic rings. The monoisotopic (exact) mass is 778 g/mol. The van der Waals surface area contributed by atoms with E-state index in [1.54, 1.807) is 0 Å². The zero-order valence-corrected chi connectivity index (χ0v) is 38.0. The van der Waals surface area contributed by atoms with Crippen molar-refractivity contribution in [2.75, 3.05) is 6.54 Å². The smallest absolute Gasteiger partial charge is 0.235 e. The van der Waals surface area contributed by atoms with Gasteiger partial charge >= 0.3 is 0 Å². The van der Waals surface area contributed by atoms with Crippen molar-refractivity contribution in [3.8, 4) is 11.3 Å². The van der Waals surface area contributed by atoms with Crippen molar-refractivity contribution in [1.29, 1.82) is 0 Å². The van der Waals surface area contributed by atoms with Crippen LogP contribution in [-0.4, -0.2) is 6.54 Å². The number of rotatable bonds is 17. The van der Waals surface area contributed by atoms with Crippen LogP contribution < -0.4 is 14.5 Å². The van der Waals surface area contributed by atoms with E-state index in [1.165, 1.54) is 69.6 Å². The van der Waals surface area contributed by atoms with Crippen molar-refractivity contribution in [3.63, 3.8) is 0 Å². The summed E-state index contributed by atoms with van der Waals surface area (Å²) in [6.45, 7) is 32.1. The summed E-state index contributed by atoms with van der Waals surface area (Å²) in [5.41, 5.74) is 12.4. The first-order valence-electron chi connectivity index (χ1n) is 22.9. The molecule has 0 amide bonds. The summed E-state index contributed by atoms with van der Waals surface area (Å²) in [5.74, 6) is 3.30. The number of hydrogen-bond acceptors (Lipinski definition) is 1. The molecule has 7 atom stereocenters. The summed E-state index contributed by atoms with van der Waals surface area (Å²) >= 11 is 0. The van der Waals surface area contributed by atoms with Crippen LogP contribution in [0.5, 0.6) is 0 Å². The molecule has 58 heavy (non-hydrogen) atoms. The molecular formula is C55H75N3+2. The summed E-state index contributed by atoms with van der Waals surface area (Å²) in [5, 5.41) is 4.25. The van der Waals surface area contributed by atoms with E-state index in [4.69, 9.17) is 6.58 Å². The fourth-order valence-corrected chi connectivity index (χ4v) is 10.7. The van der Waals surface area contributed by atoms with Gasteiger partial charge in [0.2, 0.25) is 22.6 Å². The predicted octanol–water partition coefficient (Wildman–Crippen LogP) is 12.7. The van der Waals surface area contributed by atoms with E-state index >= 15 is 0 Å². The van der Waals surface area contributed by atoms with E-state index in [9.17, 15) is 0 Å². The predicted molar refractivity (Wildman–Crippen MR) is 247 cm³/mol. The second-order valence-corrected chi connectivity index (χ2v) is 18.8. The molecule has 4 aromatic rings. The van der Waals surface area contributed by atoms with E-state index in [-0.39, 0.29) is 17.1 Å². The Balaban J connectivity index is 1.57. The van der Waals surface area contributed by atoms with Crippen LogP contribution in [0.2, 0.25) is 0 Å². The maximum Gasteiger partial charge on any atom is 0.235 e. The first-order chi connectivity index (χ1) is 27.8. The highest BCUT2D eigenvalue weighted by atomic mass is 15.3. The fraction of sp³-hybridized carbons (Fsp3) is 0.491. The molecule has 0 bridgehead atoms. The molecule has 0 radical (unpaired) electrons. The van der Waals surface area contributed by atoms with Crippen LogP contribution in [0, 0.1) is 35.5 Å². The highest BCUT2D eigenvalue weighted by molar-refractivity contribution is 5.79. The van der Waals surface area contributed by atoms with Crippen molar-refractivity contribution in [2.45, 2.75) is 132 Å². The first-order valence-corrected chi connectivity index (χ1v) is 22.9. The van der Waals surface area contributed by atoms with Gasteiger partial charge in [-0.25, -0.2) is 0 Å². The van der Waals surface area contributed by atoms with Crippen LogP contribution in [-0.2, 0) is 30.5 Å². The molecule has 2 aromatic carbocycles. The summed E-state index contributed by atoms with van der Waals surface area (Å²) in [6, 6.07) is 29.5. The van der Waals surface area contributed by atoms with Gasteiger partial charge in [-0.2, -0.15) is 9.13 Å². The molecule has 308 valence electrons. The molecule has 0 saturated carbocycles. The normalized spacial score (nSPS) is 23.4.